The molecule has 2 aromatic rings. The Labute approximate surface area is 137 Å². The highest BCUT2D eigenvalue weighted by atomic mass is 16.5. The number of aromatic nitrogens is 2. The number of hydrogen-bond donors (Lipinski definition) is 2. The molecule has 1 saturated heterocycles. The zero-order chi connectivity index (χ0) is 16.1. The number of nitrogens with one attached hydrogen (secondary N) is 1. The second-order valence-electron chi connectivity index (χ2n) is 6.35. The second-order valence-corrected chi connectivity index (χ2v) is 6.35. The van der Waals surface area contributed by atoms with E-state index in [0.29, 0.717) is 0 Å². The molecule has 124 valence electrons. The summed E-state index contributed by atoms with van der Waals surface area (Å²) in [6.45, 7) is 5.37. The Kier molecular flexibility index (Phi) is 5.10. The summed E-state index contributed by atoms with van der Waals surface area (Å²) in [5.74, 6) is 0.988. The van der Waals surface area contributed by atoms with E-state index in [-0.39, 0.29) is 12.0 Å². The average molecular weight is 315 g/mol. The molecule has 2 heterocycles. The van der Waals surface area contributed by atoms with Gasteiger partial charge in [0.15, 0.2) is 0 Å². The quantitative estimate of drug-likeness (QED) is 0.821. The molecular weight excluding hydrogens is 290 g/mol. The molecule has 1 aliphatic rings. The van der Waals surface area contributed by atoms with E-state index in [1.807, 2.05) is 31.3 Å². The maximum absolute atomic E-state index is 9.31. The minimum Gasteiger partial charge on any atom is -0.396 e. The molecule has 0 saturated carbocycles. The number of para-hydroxylation sites is 1. The van der Waals surface area contributed by atoms with Gasteiger partial charge in [0.05, 0.1) is 18.5 Å². The fourth-order valence-corrected chi connectivity index (χ4v) is 3.31. The number of aliphatic hydroxyl groups excluding tert-OH is 1. The van der Waals surface area contributed by atoms with E-state index in [1.54, 1.807) is 0 Å². The van der Waals surface area contributed by atoms with Crippen LogP contribution in [0.2, 0.25) is 0 Å². The fourth-order valence-electron chi connectivity index (χ4n) is 3.31. The van der Waals surface area contributed by atoms with Crippen LogP contribution in [0, 0.1) is 12.3 Å². The van der Waals surface area contributed by atoms with Crippen molar-refractivity contribution < 1.29 is 9.84 Å². The zero-order valence-corrected chi connectivity index (χ0v) is 13.7. The SMILES string of the molecule is Cc1ncc(CNCC2(CCO)CCOC2)n1-c1ccccc1. The Balaban J connectivity index is 1.67. The number of rotatable bonds is 7. The molecule has 0 aliphatic carbocycles. The number of aliphatic hydroxyl groups is 1. The molecule has 1 fully saturated rings. The highest BCUT2D eigenvalue weighted by molar-refractivity contribution is 5.35. The Morgan fingerprint density at radius 1 is 1.35 bits per heavy atom. The van der Waals surface area contributed by atoms with Crippen molar-refractivity contribution in [3.05, 3.63) is 48.0 Å². The van der Waals surface area contributed by atoms with Gasteiger partial charge in [-0.05, 0) is 31.9 Å². The van der Waals surface area contributed by atoms with E-state index >= 15 is 0 Å². The number of imidazole rings is 1. The normalized spacial score (nSPS) is 21.0. The first kappa shape index (κ1) is 16.2. The summed E-state index contributed by atoms with van der Waals surface area (Å²) in [4.78, 5) is 4.46. The first-order valence-corrected chi connectivity index (χ1v) is 8.22. The Hall–Kier alpha value is -1.69. The van der Waals surface area contributed by atoms with Crippen LogP contribution in [0.5, 0.6) is 0 Å². The molecule has 1 aromatic heterocycles. The summed E-state index contributed by atoms with van der Waals surface area (Å²) in [5.41, 5.74) is 2.35. The number of hydrogen-bond acceptors (Lipinski definition) is 4. The van der Waals surface area contributed by atoms with E-state index in [9.17, 15) is 5.11 Å². The van der Waals surface area contributed by atoms with Crippen LogP contribution < -0.4 is 5.32 Å². The van der Waals surface area contributed by atoms with Crippen molar-refractivity contribution >= 4 is 0 Å². The van der Waals surface area contributed by atoms with Crippen molar-refractivity contribution in [1.82, 2.24) is 14.9 Å². The summed E-state index contributed by atoms with van der Waals surface area (Å²) >= 11 is 0. The van der Waals surface area contributed by atoms with Crippen molar-refractivity contribution in [2.45, 2.75) is 26.3 Å². The molecule has 0 amide bonds. The van der Waals surface area contributed by atoms with Crippen LogP contribution in [0.15, 0.2) is 36.5 Å². The molecule has 1 aliphatic heterocycles. The van der Waals surface area contributed by atoms with Gasteiger partial charge in [0, 0.05) is 37.4 Å². The van der Waals surface area contributed by atoms with Gasteiger partial charge in [-0.25, -0.2) is 4.98 Å². The standard InChI is InChI=1S/C18H25N3O2/c1-15-20-12-17(21(15)16-5-3-2-4-6-16)11-19-13-18(7-9-22)8-10-23-14-18/h2-6,12,19,22H,7-11,13-14H2,1H3. The molecule has 0 spiro atoms. The topological polar surface area (TPSA) is 59.3 Å². The van der Waals surface area contributed by atoms with E-state index in [1.165, 1.54) is 0 Å². The molecule has 2 N–H and O–H groups in total. The molecule has 1 aromatic carbocycles. The predicted molar refractivity (Wildman–Crippen MR) is 89.6 cm³/mol. The van der Waals surface area contributed by atoms with Gasteiger partial charge in [-0.2, -0.15) is 0 Å². The highest BCUT2D eigenvalue weighted by Crippen LogP contribution is 2.31. The van der Waals surface area contributed by atoms with Gasteiger partial charge in [0.2, 0.25) is 0 Å². The van der Waals surface area contributed by atoms with Gasteiger partial charge in [-0.3, -0.25) is 4.57 Å². The monoisotopic (exact) mass is 315 g/mol. The van der Waals surface area contributed by atoms with Crippen LogP contribution in [0.1, 0.15) is 24.4 Å². The Morgan fingerprint density at radius 2 is 2.17 bits per heavy atom. The van der Waals surface area contributed by atoms with Gasteiger partial charge < -0.3 is 15.2 Å². The third kappa shape index (κ3) is 3.63. The second kappa shape index (κ2) is 7.25. The number of ether oxygens (including phenoxy) is 1. The molecule has 5 nitrogen and oxygen atoms in total. The number of aryl methyl sites for hydroxylation is 1. The number of nitrogens with zero attached hydrogens (tertiary/aromatic N) is 2. The predicted octanol–water partition coefficient (Wildman–Crippen LogP) is 2.06. The molecular formula is C18H25N3O2. The van der Waals surface area contributed by atoms with Gasteiger partial charge in [0.1, 0.15) is 5.82 Å². The lowest BCUT2D eigenvalue weighted by atomic mass is 9.84. The smallest absolute Gasteiger partial charge is 0.110 e. The van der Waals surface area contributed by atoms with E-state index < -0.39 is 0 Å². The maximum atomic E-state index is 9.31. The average Bonchev–Trinajstić information content (AvgIpc) is 3.16. The summed E-state index contributed by atoms with van der Waals surface area (Å²) in [5, 5.41) is 12.8. The van der Waals surface area contributed by atoms with Gasteiger partial charge >= 0.3 is 0 Å². The van der Waals surface area contributed by atoms with Crippen LogP contribution in [-0.4, -0.2) is 41.0 Å². The fraction of sp³-hybridized carbons (Fsp3) is 0.500. The number of benzene rings is 1. The molecule has 1 unspecified atom stereocenters. The third-order valence-electron chi connectivity index (χ3n) is 4.66. The molecule has 0 radical (unpaired) electrons. The minimum atomic E-state index is 0.0708. The van der Waals surface area contributed by atoms with Crippen molar-refractivity contribution in [2.24, 2.45) is 5.41 Å². The summed E-state index contributed by atoms with van der Waals surface area (Å²) in [6.07, 6.45) is 3.73. The Morgan fingerprint density at radius 3 is 2.87 bits per heavy atom. The van der Waals surface area contributed by atoms with Crippen LogP contribution in [0.4, 0.5) is 0 Å². The van der Waals surface area contributed by atoms with Gasteiger partial charge in [-0.15, -0.1) is 0 Å². The van der Waals surface area contributed by atoms with Crippen molar-refractivity contribution in [1.29, 1.82) is 0 Å². The first-order valence-electron chi connectivity index (χ1n) is 8.22. The molecule has 5 heteroatoms. The summed E-state index contributed by atoms with van der Waals surface area (Å²) in [7, 11) is 0. The lowest BCUT2D eigenvalue weighted by Gasteiger charge is -2.27. The van der Waals surface area contributed by atoms with E-state index in [0.717, 1.165) is 56.4 Å². The lowest BCUT2D eigenvalue weighted by Crippen LogP contribution is -2.35. The van der Waals surface area contributed by atoms with Crippen LogP contribution in [-0.2, 0) is 11.3 Å². The third-order valence-corrected chi connectivity index (χ3v) is 4.66. The van der Waals surface area contributed by atoms with Crippen LogP contribution in [0.25, 0.3) is 5.69 Å². The molecule has 3 rings (SSSR count). The largest absolute Gasteiger partial charge is 0.396 e. The highest BCUT2D eigenvalue weighted by Gasteiger charge is 2.33. The minimum absolute atomic E-state index is 0.0708. The van der Waals surface area contributed by atoms with Crippen LogP contribution in [0.3, 0.4) is 0 Å². The van der Waals surface area contributed by atoms with Crippen molar-refractivity contribution in [3.8, 4) is 5.69 Å². The molecule has 1 atom stereocenters. The van der Waals surface area contributed by atoms with Gasteiger partial charge in [-0.1, -0.05) is 18.2 Å². The van der Waals surface area contributed by atoms with Gasteiger partial charge in [0.25, 0.3) is 0 Å². The molecule has 0 bridgehead atoms. The summed E-state index contributed by atoms with van der Waals surface area (Å²) < 4.78 is 7.72. The lowest BCUT2D eigenvalue weighted by molar-refractivity contribution is 0.124. The molecule has 23 heavy (non-hydrogen) atoms. The van der Waals surface area contributed by atoms with Crippen molar-refractivity contribution in [3.63, 3.8) is 0 Å². The Bertz CT molecular complexity index is 618. The summed E-state index contributed by atoms with van der Waals surface area (Å²) in [6, 6.07) is 10.3. The maximum Gasteiger partial charge on any atom is 0.110 e. The van der Waals surface area contributed by atoms with Crippen LogP contribution >= 0.6 is 0 Å². The first-order chi connectivity index (χ1) is 11.2. The van der Waals surface area contributed by atoms with E-state index in [2.05, 4.69) is 27.0 Å². The van der Waals surface area contributed by atoms with Crippen molar-refractivity contribution in [2.75, 3.05) is 26.4 Å². The van der Waals surface area contributed by atoms with E-state index in [4.69, 9.17) is 4.74 Å². The zero-order valence-electron chi connectivity index (χ0n) is 13.7.